The van der Waals surface area contributed by atoms with E-state index in [1.165, 1.54) is 7.11 Å². The Kier molecular flexibility index (Phi) is 5.39. The Labute approximate surface area is 136 Å². The maximum Gasteiger partial charge on any atom is 0.333 e. The second-order valence-corrected chi connectivity index (χ2v) is 7.56. The van der Waals surface area contributed by atoms with E-state index in [-0.39, 0.29) is 18.8 Å². The lowest BCUT2D eigenvalue weighted by atomic mass is 9.96. The van der Waals surface area contributed by atoms with Gasteiger partial charge in [0.25, 0.3) is 0 Å². The molecule has 0 aromatic carbocycles. The molecule has 0 aromatic rings. The molecule has 136 valence electrons. The van der Waals surface area contributed by atoms with Crippen molar-refractivity contribution in [2.45, 2.75) is 63.7 Å². The molecule has 0 spiro atoms. The fourth-order valence-corrected chi connectivity index (χ4v) is 3.27. The molecule has 2 saturated heterocycles. The summed E-state index contributed by atoms with van der Waals surface area (Å²) in [4.78, 5) is 0. The molecule has 2 rings (SSSR count). The molecule has 2 aliphatic heterocycles. The second-order valence-electron chi connectivity index (χ2n) is 6.34. The Bertz CT molecular complexity index is 522. The van der Waals surface area contributed by atoms with Crippen LogP contribution in [-0.2, 0) is 38.2 Å². The van der Waals surface area contributed by atoms with E-state index < -0.39 is 40.7 Å². The van der Waals surface area contributed by atoms with Crippen molar-refractivity contribution in [1.29, 1.82) is 0 Å². The lowest BCUT2D eigenvalue weighted by Gasteiger charge is -2.46. The first kappa shape index (κ1) is 19.0. The van der Waals surface area contributed by atoms with Crippen LogP contribution in [0.5, 0.6) is 0 Å². The van der Waals surface area contributed by atoms with E-state index in [0.29, 0.717) is 0 Å². The molecule has 2 fully saturated rings. The summed E-state index contributed by atoms with van der Waals surface area (Å²) in [5, 5.41) is 4.92. The molecule has 9 nitrogen and oxygen atoms in total. The average molecular weight is 355 g/mol. The first-order valence-electron chi connectivity index (χ1n) is 7.35. The van der Waals surface area contributed by atoms with Crippen LogP contribution in [0.1, 0.15) is 27.7 Å². The Morgan fingerprint density at radius 3 is 2.48 bits per heavy atom. The molecule has 0 aliphatic carbocycles. The van der Waals surface area contributed by atoms with Crippen LogP contribution in [0.3, 0.4) is 0 Å². The molecule has 0 amide bonds. The number of ether oxygens (including phenoxy) is 5. The van der Waals surface area contributed by atoms with Gasteiger partial charge in [-0.25, -0.2) is 5.14 Å². The summed E-state index contributed by atoms with van der Waals surface area (Å²) < 4.78 is 55.8. The molecule has 23 heavy (non-hydrogen) atoms. The van der Waals surface area contributed by atoms with E-state index in [0.717, 1.165) is 0 Å². The molecule has 4 atom stereocenters. The van der Waals surface area contributed by atoms with Gasteiger partial charge in [0, 0.05) is 7.11 Å². The minimum atomic E-state index is -4.16. The zero-order chi connectivity index (χ0) is 17.5. The van der Waals surface area contributed by atoms with Gasteiger partial charge < -0.3 is 23.7 Å². The predicted octanol–water partition coefficient (Wildman–Crippen LogP) is -0.107. The monoisotopic (exact) mass is 355 g/mol. The van der Waals surface area contributed by atoms with Crippen LogP contribution >= 0.6 is 0 Å². The molecule has 2 aliphatic rings. The molecular weight excluding hydrogens is 330 g/mol. The number of hydrogen-bond acceptors (Lipinski definition) is 8. The summed E-state index contributed by atoms with van der Waals surface area (Å²) in [6.07, 6.45) is -1.88. The number of fused-ring (bicyclic) bond motifs is 1. The summed E-state index contributed by atoms with van der Waals surface area (Å²) in [5.41, 5.74) is 0. The zero-order valence-electron chi connectivity index (χ0n) is 14.0. The van der Waals surface area contributed by atoms with Crippen molar-refractivity contribution < 1.29 is 36.3 Å². The van der Waals surface area contributed by atoms with E-state index in [9.17, 15) is 8.42 Å². The van der Waals surface area contributed by atoms with E-state index in [4.69, 9.17) is 33.0 Å². The van der Waals surface area contributed by atoms with Crippen molar-refractivity contribution in [3.63, 3.8) is 0 Å². The van der Waals surface area contributed by atoms with E-state index in [2.05, 4.69) is 0 Å². The highest BCUT2D eigenvalue weighted by molar-refractivity contribution is 7.84. The molecule has 0 unspecified atom stereocenters. The molecular formula is C13H25NO8S. The highest BCUT2D eigenvalue weighted by atomic mass is 32.2. The van der Waals surface area contributed by atoms with Crippen LogP contribution < -0.4 is 5.14 Å². The maximum absolute atomic E-state index is 11.2. The minimum Gasteiger partial charge on any atom is -0.373 e. The smallest absolute Gasteiger partial charge is 0.333 e. The average Bonchev–Trinajstić information content (AvgIpc) is 2.69. The summed E-state index contributed by atoms with van der Waals surface area (Å²) in [5.74, 6) is -2.27. The van der Waals surface area contributed by atoms with E-state index in [1.807, 2.05) is 0 Å². The fourth-order valence-electron chi connectivity index (χ4n) is 2.94. The predicted molar refractivity (Wildman–Crippen MR) is 78.6 cm³/mol. The Morgan fingerprint density at radius 2 is 1.96 bits per heavy atom. The van der Waals surface area contributed by atoms with Crippen LogP contribution in [0.15, 0.2) is 0 Å². The fraction of sp³-hybridized carbons (Fsp3) is 1.00. The van der Waals surface area contributed by atoms with Crippen LogP contribution in [0.4, 0.5) is 0 Å². The molecule has 10 heteroatoms. The SMILES string of the molecule is CO[C@H]1[C@@H]2OC(C)(C)O[C@@H]2CO[C@@]1(COS(N)(=O)=O)OC(C)C. The molecule has 2 N–H and O–H groups in total. The van der Waals surface area contributed by atoms with Crippen LogP contribution in [0.25, 0.3) is 0 Å². The number of rotatable bonds is 6. The molecule has 0 aromatic heterocycles. The quantitative estimate of drug-likeness (QED) is 0.702. The van der Waals surface area contributed by atoms with Crippen LogP contribution in [0, 0.1) is 0 Å². The Morgan fingerprint density at radius 1 is 1.30 bits per heavy atom. The second kappa shape index (κ2) is 6.52. The highest BCUT2D eigenvalue weighted by Crippen LogP contribution is 2.40. The normalized spacial score (nSPS) is 37.1. The van der Waals surface area contributed by atoms with Crippen molar-refractivity contribution in [3.8, 4) is 0 Å². The van der Waals surface area contributed by atoms with Crippen molar-refractivity contribution in [3.05, 3.63) is 0 Å². The summed E-state index contributed by atoms with van der Waals surface area (Å²) in [6.45, 7) is 6.84. The van der Waals surface area contributed by atoms with Gasteiger partial charge in [-0.15, -0.1) is 0 Å². The topological polar surface area (TPSA) is 116 Å². The van der Waals surface area contributed by atoms with Gasteiger partial charge in [0.05, 0.1) is 12.7 Å². The standard InChI is InChI=1S/C13H25NO8S/c1-8(2)20-13(7-19-23(14,15)16)11(17-5)10-9(6-18-13)21-12(3,4)22-10/h8-11H,6-7H2,1-5H3,(H2,14,15,16)/t9-,10-,11+,13+/m1/s1. The minimum absolute atomic E-state index is 0.147. The third-order valence-electron chi connectivity index (χ3n) is 3.56. The van der Waals surface area contributed by atoms with Gasteiger partial charge in [-0.3, -0.25) is 4.18 Å². The molecule has 0 bridgehead atoms. The van der Waals surface area contributed by atoms with Gasteiger partial charge in [0.15, 0.2) is 5.79 Å². The van der Waals surface area contributed by atoms with Gasteiger partial charge in [-0.1, -0.05) is 0 Å². The van der Waals surface area contributed by atoms with Crippen molar-refractivity contribution in [2.75, 3.05) is 20.3 Å². The third-order valence-corrected chi connectivity index (χ3v) is 4.01. The number of hydrogen-bond donors (Lipinski definition) is 1. The Hall–Kier alpha value is -0.330. The highest BCUT2D eigenvalue weighted by Gasteiger charge is 2.59. The lowest BCUT2D eigenvalue weighted by molar-refractivity contribution is -0.348. The molecule has 0 saturated carbocycles. The number of nitrogens with two attached hydrogens (primary N) is 1. The van der Waals surface area contributed by atoms with Gasteiger partial charge in [0.2, 0.25) is 5.79 Å². The van der Waals surface area contributed by atoms with Gasteiger partial charge in [-0.2, -0.15) is 8.42 Å². The van der Waals surface area contributed by atoms with Crippen molar-refractivity contribution in [1.82, 2.24) is 0 Å². The first-order chi connectivity index (χ1) is 10.5. The van der Waals surface area contributed by atoms with Gasteiger partial charge in [-0.05, 0) is 27.7 Å². The van der Waals surface area contributed by atoms with E-state index >= 15 is 0 Å². The summed E-state index contributed by atoms with van der Waals surface area (Å²) in [6, 6.07) is 0. The van der Waals surface area contributed by atoms with Crippen molar-refractivity contribution >= 4 is 10.3 Å². The van der Waals surface area contributed by atoms with Crippen molar-refractivity contribution in [2.24, 2.45) is 5.14 Å². The Balaban J connectivity index is 2.28. The van der Waals surface area contributed by atoms with Crippen LogP contribution in [-0.4, -0.2) is 64.7 Å². The van der Waals surface area contributed by atoms with E-state index in [1.54, 1.807) is 27.7 Å². The molecule has 0 radical (unpaired) electrons. The first-order valence-corrected chi connectivity index (χ1v) is 8.82. The van der Waals surface area contributed by atoms with Gasteiger partial charge >= 0.3 is 10.3 Å². The third kappa shape index (κ3) is 4.40. The molecule has 2 heterocycles. The summed E-state index contributed by atoms with van der Waals surface area (Å²) in [7, 11) is -2.70. The van der Waals surface area contributed by atoms with Gasteiger partial charge in [0.1, 0.15) is 24.9 Å². The summed E-state index contributed by atoms with van der Waals surface area (Å²) >= 11 is 0. The maximum atomic E-state index is 11.2. The largest absolute Gasteiger partial charge is 0.373 e. The zero-order valence-corrected chi connectivity index (χ0v) is 14.8. The van der Waals surface area contributed by atoms with Crippen LogP contribution in [0.2, 0.25) is 0 Å². The number of methoxy groups -OCH3 is 1. The lowest BCUT2D eigenvalue weighted by Crippen LogP contribution is -2.64.